The van der Waals surface area contributed by atoms with Gasteiger partial charge in [-0.05, 0) is 114 Å². The van der Waals surface area contributed by atoms with Crippen LogP contribution in [0.3, 0.4) is 0 Å². The number of hydrogen-bond donors (Lipinski definition) is 6. The molecule has 0 aromatic carbocycles. The summed E-state index contributed by atoms with van der Waals surface area (Å²) < 4.78 is 15.9. The van der Waals surface area contributed by atoms with Crippen molar-refractivity contribution in [1.29, 1.82) is 0 Å². The highest BCUT2D eigenvalue weighted by atomic mass is 16.6. The molecule has 15 heteroatoms. The first kappa shape index (κ1) is 45.2. The molecule has 49 heavy (non-hydrogen) atoms. The normalized spacial score (nSPS) is 13.6. The number of amides is 5. The zero-order valence-electron chi connectivity index (χ0n) is 31.3. The van der Waals surface area contributed by atoms with E-state index in [2.05, 4.69) is 26.6 Å². The number of ether oxygens (including phenoxy) is 3. The fraction of sp³-hybridized carbons (Fsp3) is 0.824. The third-order valence-corrected chi connectivity index (χ3v) is 6.61. The van der Waals surface area contributed by atoms with E-state index in [-0.39, 0.29) is 18.9 Å². The van der Waals surface area contributed by atoms with E-state index in [9.17, 15) is 28.8 Å². The number of hydrogen-bond acceptors (Lipinski definition) is 9. The Kier molecular flexibility index (Phi) is 20.3. The van der Waals surface area contributed by atoms with E-state index in [1.165, 1.54) is 0 Å². The topological polar surface area (TPSA) is 210 Å². The molecule has 0 bridgehead atoms. The van der Waals surface area contributed by atoms with Crippen molar-refractivity contribution in [2.45, 2.75) is 156 Å². The van der Waals surface area contributed by atoms with Gasteiger partial charge in [-0.1, -0.05) is 13.3 Å². The van der Waals surface area contributed by atoms with Crippen molar-refractivity contribution >= 4 is 36.1 Å². The van der Waals surface area contributed by atoms with Crippen molar-refractivity contribution in [2.24, 2.45) is 5.92 Å². The van der Waals surface area contributed by atoms with Crippen LogP contribution in [0.1, 0.15) is 127 Å². The molecule has 0 spiro atoms. The molecule has 0 saturated carbocycles. The summed E-state index contributed by atoms with van der Waals surface area (Å²) >= 11 is 0. The van der Waals surface area contributed by atoms with Crippen LogP contribution in [0.25, 0.3) is 0 Å². The first-order chi connectivity index (χ1) is 22.5. The van der Waals surface area contributed by atoms with Crippen LogP contribution in [-0.2, 0) is 28.6 Å². The number of aliphatic carboxylic acids is 1. The average molecular weight is 702 g/mol. The van der Waals surface area contributed by atoms with Gasteiger partial charge < -0.3 is 45.9 Å². The van der Waals surface area contributed by atoms with Crippen LogP contribution in [0.5, 0.6) is 0 Å². The smallest absolute Gasteiger partial charge is 0.408 e. The monoisotopic (exact) mass is 701 g/mol. The second kappa shape index (κ2) is 22.0. The van der Waals surface area contributed by atoms with Crippen molar-refractivity contribution in [3.8, 4) is 0 Å². The van der Waals surface area contributed by atoms with Crippen LogP contribution in [0, 0.1) is 5.92 Å². The number of carbonyl (C=O) groups is 6. The Morgan fingerprint density at radius 3 is 1.18 bits per heavy atom. The Labute approximate surface area is 292 Å². The maximum absolute atomic E-state index is 13.1. The van der Waals surface area contributed by atoms with Crippen LogP contribution in [0.4, 0.5) is 14.4 Å². The van der Waals surface area contributed by atoms with Gasteiger partial charge in [-0.15, -0.1) is 0 Å². The van der Waals surface area contributed by atoms with Gasteiger partial charge in [0.15, 0.2) is 0 Å². The summed E-state index contributed by atoms with van der Waals surface area (Å²) in [5.41, 5.74) is -2.12. The molecule has 0 saturated heterocycles. The van der Waals surface area contributed by atoms with E-state index < -0.39 is 65.0 Å². The zero-order valence-corrected chi connectivity index (χ0v) is 31.3. The van der Waals surface area contributed by atoms with Gasteiger partial charge in [-0.25, -0.2) is 14.4 Å². The first-order valence-corrected chi connectivity index (χ1v) is 17.2. The number of unbranched alkanes of at least 4 members (excludes halogenated alkanes) is 3. The molecule has 0 heterocycles. The predicted molar refractivity (Wildman–Crippen MR) is 185 cm³/mol. The number of carboxylic acids is 1. The summed E-state index contributed by atoms with van der Waals surface area (Å²) in [4.78, 5) is 73.8. The third kappa shape index (κ3) is 25.9. The van der Waals surface area contributed by atoms with Crippen LogP contribution < -0.4 is 26.6 Å². The Bertz CT molecular complexity index is 1060. The van der Waals surface area contributed by atoms with Gasteiger partial charge in [0.05, 0.1) is 5.92 Å². The van der Waals surface area contributed by atoms with E-state index >= 15 is 0 Å². The maximum atomic E-state index is 13.1. The van der Waals surface area contributed by atoms with Gasteiger partial charge in [0.2, 0.25) is 11.8 Å². The standard InChI is InChI=1S/C34H63N5O10/c1-23(28(42)43)17-11-14-20-35-26(40)24(38-30(45)48-33(5,6)7)18-12-15-21-36-27(41)25(39-31(46)49-34(8,9)10)19-13-16-22-37-29(44)47-32(2,3)4/h23-25H,11-22H2,1-10H3,(H,35,40)(H,36,41)(H,37,44)(H,38,45)(H,39,46)(H,42,43)/t23-,24-,25-/m0/s1. The van der Waals surface area contributed by atoms with E-state index in [1.54, 1.807) is 69.2 Å². The van der Waals surface area contributed by atoms with Gasteiger partial charge in [0.1, 0.15) is 28.9 Å². The minimum Gasteiger partial charge on any atom is -0.481 e. The van der Waals surface area contributed by atoms with E-state index in [0.29, 0.717) is 64.5 Å². The quantitative estimate of drug-likeness (QED) is 0.0757. The minimum atomic E-state index is -0.876. The fourth-order valence-electron chi connectivity index (χ4n) is 4.26. The highest BCUT2D eigenvalue weighted by Gasteiger charge is 2.26. The molecule has 5 amide bonds. The molecular formula is C34H63N5O10. The Hall–Kier alpha value is -3.78. The second-order valence-electron chi connectivity index (χ2n) is 15.1. The van der Waals surface area contributed by atoms with E-state index in [1.807, 2.05) is 0 Å². The Morgan fingerprint density at radius 2 is 0.837 bits per heavy atom. The van der Waals surface area contributed by atoms with E-state index in [4.69, 9.17) is 19.3 Å². The van der Waals surface area contributed by atoms with Gasteiger partial charge in [0.25, 0.3) is 0 Å². The molecule has 0 aliphatic rings. The molecule has 0 aliphatic heterocycles. The SMILES string of the molecule is C[C@@H](CCCCNC(=O)[C@H](CCCCNC(=O)[C@H](CCCCNC(=O)OC(C)(C)C)NC(=O)OC(C)(C)C)NC(=O)OC(C)(C)C)C(=O)O. The van der Waals surface area contributed by atoms with E-state index in [0.717, 1.165) is 0 Å². The van der Waals surface area contributed by atoms with Gasteiger partial charge >= 0.3 is 24.2 Å². The van der Waals surface area contributed by atoms with Crippen molar-refractivity contribution < 1.29 is 48.1 Å². The Morgan fingerprint density at radius 1 is 0.510 bits per heavy atom. The summed E-state index contributed by atoms with van der Waals surface area (Å²) in [6.07, 6.45) is 2.35. The zero-order chi connectivity index (χ0) is 37.8. The summed E-state index contributed by atoms with van der Waals surface area (Å²) in [6, 6.07) is -1.75. The van der Waals surface area contributed by atoms with Gasteiger partial charge in [-0.2, -0.15) is 0 Å². The molecule has 0 rings (SSSR count). The lowest BCUT2D eigenvalue weighted by atomic mass is 10.0. The maximum Gasteiger partial charge on any atom is 0.408 e. The average Bonchev–Trinajstić information content (AvgIpc) is 2.91. The lowest BCUT2D eigenvalue weighted by molar-refractivity contribution is -0.141. The largest absolute Gasteiger partial charge is 0.481 e. The molecule has 284 valence electrons. The molecule has 15 nitrogen and oxygen atoms in total. The van der Waals surface area contributed by atoms with Crippen molar-refractivity contribution in [3.05, 3.63) is 0 Å². The molecular weight excluding hydrogens is 638 g/mol. The highest BCUT2D eigenvalue weighted by molar-refractivity contribution is 5.86. The fourth-order valence-corrected chi connectivity index (χ4v) is 4.26. The summed E-state index contributed by atoms with van der Waals surface area (Å²) in [7, 11) is 0. The molecule has 0 fully saturated rings. The van der Waals surface area contributed by atoms with Gasteiger partial charge in [-0.3, -0.25) is 14.4 Å². The molecule has 0 aromatic heterocycles. The van der Waals surface area contributed by atoms with Crippen molar-refractivity contribution in [2.75, 3.05) is 19.6 Å². The molecule has 0 aliphatic carbocycles. The van der Waals surface area contributed by atoms with Crippen molar-refractivity contribution in [1.82, 2.24) is 26.6 Å². The van der Waals surface area contributed by atoms with Crippen molar-refractivity contribution in [3.63, 3.8) is 0 Å². The summed E-state index contributed by atoms with van der Waals surface area (Å²) in [5.74, 6) is -2.11. The third-order valence-electron chi connectivity index (χ3n) is 6.61. The second-order valence-corrected chi connectivity index (χ2v) is 15.1. The van der Waals surface area contributed by atoms with Gasteiger partial charge in [0, 0.05) is 19.6 Å². The predicted octanol–water partition coefficient (Wildman–Crippen LogP) is 4.76. The number of nitrogens with one attached hydrogen (secondary N) is 5. The molecule has 0 radical (unpaired) electrons. The van der Waals surface area contributed by atoms with Crippen LogP contribution in [0.15, 0.2) is 0 Å². The number of alkyl carbamates (subject to hydrolysis) is 3. The number of carboxylic acid groups (broad SMARTS) is 1. The summed E-state index contributed by atoms with van der Waals surface area (Å²) in [5, 5.41) is 22.6. The molecule has 6 N–H and O–H groups in total. The molecule has 3 atom stereocenters. The molecule has 0 aromatic rings. The summed E-state index contributed by atoms with van der Waals surface area (Å²) in [6.45, 7) is 18.2. The van der Waals surface area contributed by atoms with Crippen LogP contribution in [-0.4, -0.2) is 89.7 Å². The lowest BCUT2D eigenvalue weighted by Gasteiger charge is -2.24. The van der Waals surface area contributed by atoms with Crippen LogP contribution in [0.2, 0.25) is 0 Å². The minimum absolute atomic E-state index is 0.258. The van der Waals surface area contributed by atoms with Crippen LogP contribution >= 0.6 is 0 Å². The lowest BCUT2D eigenvalue weighted by Crippen LogP contribution is -2.49. The highest BCUT2D eigenvalue weighted by Crippen LogP contribution is 2.12. The molecule has 0 unspecified atom stereocenters. The number of rotatable bonds is 20. The number of carbonyl (C=O) groups excluding carboxylic acids is 5. The first-order valence-electron chi connectivity index (χ1n) is 17.2. The Balaban J connectivity index is 5.05.